The van der Waals surface area contributed by atoms with E-state index in [1.54, 1.807) is 55.4 Å². The van der Waals surface area contributed by atoms with Gasteiger partial charge < -0.3 is 44.8 Å². The summed E-state index contributed by atoms with van der Waals surface area (Å²) in [6, 6.07) is 0. The second-order valence-corrected chi connectivity index (χ2v) is 34.4. The van der Waals surface area contributed by atoms with Gasteiger partial charge in [-0.2, -0.15) is 0 Å². The van der Waals surface area contributed by atoms with Gasteiger partial charge in [-0.05, 0) is 218 Å². The van der Waals surface area contributed by atoms with E-state index < -0.39 is 87.4 Å². The molecular formula is C67H108ClF4NO11. The van der Waals surface area contributed by atoms with Crippen LogP contribution in [0.15, 0.2) is 0 Å². The Morgan fingerprint density at radius 2 is 0.964 bits per heavy atom. The molecule has 0 aromatic rings. The lowest BCUT2D eigenvalue weighted by atomic mass is 9.41. The Kier molecular flexibility index (Phi) is 15.7. The molecule has 84 heavy (non-hydrogen) atoms. The fourth-order valence-corrected chi connectivity index (χ4v) is 24.9. The molecule has 2 heterocycles. The van der Waals surface area contributed by atoms with Crippen molar-refractivity contribution in [2.75, 3.05) is 6.54 Å². The molecule has 12 rings (SSSR count). The normalized spacial score (nSPS) is 51.9. The minimum atomic E-state index is -2.84. The van der Waals surface area contributed by atoms with Gasteiger partial charge in [-0.3, -0.25) is 9.59 Å². The molecule has 0 bridgehead atoms. The van der Waals surface area contributed by atoms with Gasteiger partial charge in [0.05, 0.1) is 59.3 Å². The second kappa shape index (κ2) is 20.1. The van der Waals surface area contributed by atoms with Crippen LogP contribution in [0.25, 0.3) is 0 Å². The molecule has 4 spiro atoms. The van der Waals surface area contributed by atoms with E-state index in [1.807, 2.05) is 6.92 Å². The van der Waals surface area contributed by atoms with E-state index in [-0.39, 0.29) is 111 Å². The lowest BCUT2D eigenvalue weighted by molar-refractivity contribution is -0.252. The maximum atomic E-state index is 15.6. The Labute approximate surface area is 504 Å². The topological polar surface area (TPSA) is 195 Å². The van der Waals surface area contributed by atoms with Gasteiger partial charge in [0.15, 0.2) is 0 Å². The number of carbonyl (C=O) groups excluding carboxylic acids is 1. The Morgan fingerprint density at radius 3 is 1.35 bits per heavy atom. The molecule has 0 amide bonds. The van der Waals surface area contributed by atoms with E-state index in [2.05, 4.69) is 46.4 Å². The molecule has 0 aromatic carbocycles. The third kappa shape index (κ3) is 8.90. The third-order valence-electron chi connectivity index (χ3n) is 28.9. The molecule has 10 saturated carbocycles. The van der Waals surface area contributed by atoms with Crippen molar-refractivity contribution in [2.24, 2.45) is 89.7 Å². The number of carbonyl (C=O) groups is 2. The Morgan fingerprint density at radius 1 is 0.560 bits per heavy atom. The number of nitrogens with one attached hydrogen (secondary N) is 1. The average molecular weight is 1220 g/mol. The molecule has 0 radical (unpaired) electrons. The van der Waals surface area contributed by atoms with Crippen LogP contribution in [0.3, 0.4) is 0 Å². The van der Waals surface area contributed by atoms with Crippen molar-refractivity contribution in [3.05, 3.63) is 0 Å². The predicted octanol–water partition coefficient (Wildman–Crippen LogP) is 13.0. The summed E-state index contributed by atoms with van der Waals surface area (Å²) in [7, 11) is 0. The number of esters is 1. The summed E-state index contributed by atoms with van der Waals surface area (Å²) in [6.45, 7) is 29.6. The summed E-state index contributed by atoms with van der Waals surface area (Å²) in [5.74, 6) is -7.32. The van der Waals surface area contributed by atoms with Crippen LogP contribution < -0.4 is 4.84 Å². The summed E-state index contributed by atoms with van der Waals surface area (Å²) in [5.41, 5.74) is -7.00. The molecule has 482 valence electrons. The smallest absolute Gasteiger partial charge is 0.307 e. The molecular weight excluding hydrogens is 1110 g/mol. The highest BCUT2D eigenvalue weighted by atomic mass is 35.5. The molecule has 2 saturated heterocycles. The fraction of sp³-hybridized carbons (Fsp3) is 0.970. The molecule has 12 aliphatic rings. The van der Waals surface area contributed by atoms with E-state index in [0.717, 1.165) is 70.6 Å². The van der Waals surface area contributed by atoms with Crippen molar-refractivity contribution in [2.45, 2.75) is 310 Å². The van der Waals surface area contributed by atoms with Crippen LogP contribution in [0.1, 0.15) is 239 Å². The fourth-order valence-electron chi connectivity index (χ4n) is 24.8. The monoisotopic (exact) mass is 1210 g/mol. The SMILES string of the molecule is CC(C)(O)[C@@H]1CC[C@@](C)([C@H]2[C@@H](O)C[C@@]3(C)[C@@H]4C[C@H](O)[C@H]5C(C)(C)C(F)(F)CC[C@@]56C[C@@]46CC[C@]23C)O1.CC(C)(O)[C@@H]1CC[C@@](C)([C@H]2[C@@H](O)C[C@@]3(C)[C@@H]4C[C@H](OC(=O)CCNCl)[C@H]5C(C)(C)C(F)(F)CC[C@@]56C[C@@]46CC[C@]23C)O1.CCCC(=O)O. The number of aliphatic carboxylic acids is 1. The van der Waals surface area contributed by atoms with E-state index in [0.29, 0.717) is 44.9 Å². The van der Waals surface area contributed by atoms with E-state index >= 15 is 17.6 Å². The third-order valence-corrected chi connectivity index (χ3v) is 29.0. The highest BCUT2D eigenvalue weighted by Crippen LogP contribution is 2.92. The maximum Gasteiger partial charge on any atom is 0.307 e. The van der Waals surface area contributed by atoms with Gasteiger partial charge in [-0.1, -0.05) is 62.3 Å². The first-order valence-corrected chi connectivity index (χ1v) is 33.1. The van der Waals surface area contributed by atoms with Crippen LogP contribution in [0.5, 0.6) is 0 Å². The number of alkyl halides is 4. The minimum absolute atomic E-state index is 0.000595. The highest BCUT2D eigenvalue weighted by Gasteiger charge is 2.88. The number of carboxylic acid groups (broad SMARTS) is 1. The van der Waals surface area contributed by atoms with Crippen LogP contribution in [0, 0.1) is 89.7 Å². The van der Waals surface area contributed by atoms with Crippen molar-refractivity contribution >= 4 is 23.7 Å². The van der Waals surface area contributed by atoms with Gasteiger partial charge in [-0.25, -0.2) is 22.4 Å². The van der Waals surface area contributed by atoms with Crippen molar-refractivity contribution in [1.82, 2.24) is 4.84 Å². The van der Waals surface area contributed by atoms with Gasteiger partial charge in [0, 0.05) is 60.3 Å². The van der Waals surface area contributed by atoms with Crippen molar-refractivity contribution in [3.63, 3.8) is 0 Å². The van der Waals surface area contributed by atoms with Gasteiger partial charge in [-0.15, -0.1) is 0 Å². The lowest BCUT2D eigenvalue weighted by Gasteiger charge is -2.65. The largest absolute Gasteiger partial charge is 0.481 e. The number of aliphatic hydroxyl groups excluding tert-OH is 3. The minimum Gasteiger partial charge on any atom is -0.481 e. The lowest BCUT2D eigenvalue weighted by Crippen LogP contribution is -2.64. The van der Waals surface area contributed by atoms with Crippen LogP contribution in [0.4, 0.5) is 17.6 Å². The summed E-state index contributed by atoms with van der Waals surface area (Å²) in [6.07, 6.45) is 9.99. The zero-order chi connectivity index (χ0) is 62.5. The van der Waals surface area contributed by atoms with Crippen LogP contribution in [-0.2, 0) is 23.8 Å². The molecule has 0 aromatic heterocycles. The zero-order valence-electron chi connectivity index (χ0n) is 53.6. The number of halogens is 5. The number of aliphatic hydroxyl groups is 5. The number of rotatable bonds is 10. The molecule has 7 N–H and O–H groups in total. The molecule has 2 aliphatic heterocycles. The summed E-state index contributed by atoms with van der Waals surface area (Å²) in [4.78, 5) is 25.1. The number of fused-ring (bicyclic) bond motifs is 4. The first-order chi connectivity index (χ1) is 38.3. The zero-order valence-corrected chi connectivity index (χ0v) is 54.4. The molecule has 10 aliphatic carbocycles. The standard InChI is InChI=1S/C33H52ClF2NO5.C30H48F2O4.C4H8O2/c1-26(2)25-20(41-23(39)9-15-37-34)16-21-29(6)17-19(38)24(30(7)10-8-22(42-30)27(3,4)40)28(29,5)11-12-31(21)18-32(25,31)13-14-33(26,35)36;1-23(2)21-17(33)14-19-26(6)15-18(34)22(27(7)9-8-20(36-27)24(3,4)35)25(26,5)10-11-28(19)16-29(21,28)12-13-30(23,31)32;1-2-3-4(5)6/h19-22,24-25,37-38,40H,8-18H2,1-7H3;17-22,33-35H,8-16H2,1-7H3;2-3H2,1H3,(H,5,6)/t19-,20-,21-,22-,24-,25-,28+,29-,30-,31-,32+;17-,18-,19-,20-,21-,22-,25+,26-,27-,28-,29+;/m00./s1. The highest BCUT2D eigenvalue weighted by molar-refractivity contribution is 6.13. The first kappa shape index (κ1) is 65.6. The van der Waals surface area contributed by atoms with Gasteiger partial charge in [0.1, 0.15) is 6.10 Å². The summed E-state index contributed by atoms with van der Waals surface area (Å²) in [5, 5.41) is 64.5. The molecule has 17 heteroatoms. The molecule has 12 fully saturated rings. The van der Waals surface area contributed by atoms with Crippen molar-refractivity contribution in [3.8, 4) is 0 Å². The van der Waals surface area contributed by atoms with Gasteiger partial charge in [0.2, 0.25) is 0 Å². The van der Waals surface area contributed by atoms with E-state index in [4.69, 9.17) is 31.1 Å². The van der Waals surface area contributed by atoms with Crippen LogP contribution in [0.2, 0.25) is 0 Å². The molecule has 12 nitrogen and oxygen atoms in total. The maximum absolute atomic E-state index is 15.6. The van der Waals surface area contributed by atoms with E-state index in [1.165, 1.54) is 0 Å². The molecule has 22 atom stereocenters. The summed E-state index contributed by atoms with van der Waals surface area (Å²) >= 11 is 5.62. The number of hydrogen-bond donors (Lipinski definition) is 7. The van der Waals surface area contributed by atoms with Gasteiger partial charge in [0.25, 0.3) is 11.8 Å². The van der Waals surface area contributed by atoms with Crippen molar-refractivity contribution in [1.29, 1.82) is 0 Å². The second-order valence-electron chi connectivity index (χ2n) is 34.1. The van der Waals surface area contributed by atoms with E-state index in [9.17, 15) is 35.1 Å². The predicted molar refractivity (Wildman–Crippen MR) is 312 cm³/mol. The number of carboxylic acids is 1. The Balaban J connectivity index is 0.000000172. The Bertz CT molecular complexity index is 2560. The average Bonchev–Trinajstić information content (AvgIpc) is 1.46. The quantitative estimate of drug-likeness (QED) is 0.0622. The molecule has 0 unspecified atom stereocenters. The number of hydrogen-bond acceptors (Lipinski definition) is 11. The number of ether oxygens (including phenoxy) is 3. The van der Waals surface area contributed by atoms with Crippen LogP contribution in [-0.4, -0.2) is 120 Å². The summed E-state index contributed by atoms with van der Waals surface area (Å²) < 4.78 is 81.0. The van der Waals surface area contributed by atoms with Crippen LogP contribution >= 0.6 is 11.8 Å². The Hall–Kier alpha value is -1.37. The first-order valence-electron chi connectivity index (χ1n) is 32.7. The van der Waals surface area contributed by atoms with Gasteiger partial charge >= 0.3 is 11.9 Å². The van der Waals surface area contributed by atoms with Crippen molar-refractivity contribution < 1.29 is 72.0 Å².